The molecule has 6 nitrogen and oxygen atoms in total. The van der Waals surface area contributed by atoms with E-state index in [2.05, 4.69) is 5.32 Å². The molecule has 0 aromatic heterocycles. The Morgan fingerprint density at radius 2 is 2.07 bits per heavy atom. The minimum Gasteiger partial charge on any atom is -0.493 e. The lowest BCUT2D eigenvalue weighted by Crippen LogP contribution is -2.42. The van der Waals surface area contributed by atoms with Gasteiger partial charge in [-0.15, -0.1) is 0 Å². The standard InChI is InChI=1S/C22H26N2O4/c1-3-24-21(23-18-9-5-4-8-17(18)22(24)25)15-10-11-19(20(13-15)26-2)28-14-16-7-6-12-27-16/h4-5,8-11,13,16,21,23H,3,6-7,12,14H2,1-2H3. The lowest BCUT2D eigenvalue weighted by atomic mass is 10.0. The molecule has 1 saturated heterocycles. The molecule has 2 atom stereocenters. The lowest BCUT2D eigenvalue weighted by molar-refractivity contribution is 0.0667. The van der Waals surface area contributed by atoms with Gasteiger partial charge in [-0.1, -0.05) is 18.2 Å². The number of fused-ring (bicyclic) bond motifs is 1. The molecular weight excluding hydrogens is 356 g/mol. The summed E-state index contributed by atoms with van der Waals surface area (Å²) in [5, 5.41) is 3.48. The third kappa shape index (κ3) is 3.52. The van der Waals surface area contributed by atoms with E-state index in [9.17, 15) is 4.79 Å². The van der Waals surface area contributed by atoms with Gasteiger partial charge in [-0.2, -0.15) is 0 Å². The Morgan fingerprint density at radius 1 is 1.21 bits per heavy atom. The van der Waals surface area contributed by atoms with Gasteiger partial charge >= 0.3 is 0 Å². The summed E-state index contributed by atoms with van der Waals surface area (Å²) in [7, 11) is 1.63. The van der Waals surface area contributed by atoms with Gasteiger partial charge in [-0.25, -0.2) is 0 Å². The summed E-state index contributed by atoms with van der Waals surface area (Å²) in [4.78, 5) is 14.7. The summed E-state index contributed by atoms with van der Waals surface area (Å²) in [5.41, 5.74) is 2.50. The van der Waals surface area contributed by atoms with E-state index in [1.54, 1.807) is 7.11 Å². The van der Waals surface area contributed by atoms with Crippen LogP contribution in [0.2, 0.25) is 0 Å². The molecule has 1 amide bonds. The van der Waals surface area contributed by atoms with Crippen LogP contribution in [0.1, 0.15) is 41.9 Å². The lowest BCUT2D eigenvalue weighted by Gasteiger charge is -2.37. The molecule has 2 aromatic carbocycles. The monoisotopic (exact) mass is 382 g/mol. The Hall–Kier alpha value is -2.73. The molecule has 0 spiro atoms. The molecule has 1 N–H and O–H groups in total. The van der Waals surface area contributed by atoms with E-state index in [-0.39, 0.29) is 18.2 Å². The third-order valence-electron chi connectivity index (χ3n) is 5.32. The highest BCUT2D eigenvalue weighted by molar-refractivity contribution is 6.01. The maximum absolute atomic E-state index is 12.9. The number of carbonyl (C=O) groups is 1. The average Bonchev–Trinajstić information content (AvgIpc) is 3.26. The van der Waals surface area contributed by atoms with E-state index >= 15 is 0 Å². The van der Waals surface area contributed by atoms with Crippen LogP contribution in [0, 0.1) is 0 Å². The van der Waals surface area contributed by atoms with Crippen LogP contribution in [0.25, 0.3) is 0 Å². The van der Waals surface area contributed by atoms with Gasteiger partial charge in [-0.3, -0.25) is 4.79 Å². The average molecular weight is 382 g/mol. The van der Waals surface area contributed by atoms with Gasteiger partial charge in [0, 0.05) is 18.8 Å². The van der Waals surface area contributed by atoms with E-state index < -0.39 is 0 Å². The molecule has 6 heteroatoms. The van der Waals surface area contributed by atoms with Gasteiger partial charge in [-0.05, 0) is 49.6 Å². The van der Waals surface area contributed by atoms with Crippen LogP contribution in [-0.2, 0) is 4.74 Å². The number of benzene rings is 2. The van der Waals surface area contributed by atoms with Gasteiger partial charge in [0.2, 0.25) is 0 Å². The van der Waals surface area contributed by atoms with Crippen LogP contribution < -0.4 is 14.8 Å². The molecule has 0 saturated carbocycles. The molecular formula is C22H26N2O4. The molecule has 2 unspecified atom stereocenters. The first kappa shape index (κ1) is 18.6. The van der Waals surface area contributed by atoms with Crippen molar-refractivity contribution in [2.24, 2.45) is 0 Å². The Kier molecular flexibility index (Phi) is 5.39. The number of hydrogen-bond donors (Lipinski definition) is 1. The molecule has 0 bridgehead atoms. The van der Waals surface area contributed by atoms with Gasteiger partial charge in [0.15, 0.2) is 11.5 Å². The minimum atomic E-state index is -0.256. The van der Waals surface area contributed by atoms with Crippen molar-refractivity contribution in [1.82, 2.24) is 4.90 Å². The van der Waals surface area contributed by atoms with Crippen molar-refractivity contribution in [2.45, 2.75) is 32.0 Å². The first-order valence-corrected chi connectivity index (χ1v) is 9.80. The van der Waals surface area contributed by atoms with Crippen LogP contribution in [-0.4, -0.2) is 43.8 Å². The zero-order valence-corrected chi connectivity index (χ0v) is 16.3. The van der Waals surface area contributed by atoms with Crippen molar-refractivity contribution < 1.29 is 19.0 Å². The Labute approximate surface area is 165 Å². The molecule has 148 valence electrons. The second-order valence-electron chi connectivity index (χ2n) is 7.04. The van der Waals surface area contributed by atoms with Gasteiger partial charge in [0.05, 0.1) is 18.8 Å². The molecule has 4 rings (SSSR count). The fourth-order valence-corrected chi connectivity index (χ4v) is 3.81. The number of carbonyl (C=O) groups excluding carboxylic acids is 1. The summed E-state index contributed by atoms with van der Waals surface area (Å²) in [6.07, 6.45) is 2.00. The topological polar surface area (TPSA) is 60.0 Å². The number of amides is 1. The highest BCUT2D eigenvalue weighted by Gasteiger charge is 2.32. The molecule has 2 heterocycles. The zero-order chi connectivity index (χ0) is 19.5. The Bertz CT molecular complexity index is 848. The fraction of sp³-hybridized carbons (Fsp3) is 0.409. The van der Waals surface area contributed by atoms with E-state index in [0.29, 0.717) is 30.2 Å². The predicted octanol–water partition coefficient (Wildman–Crippen LogP) is 3.84. The number of hydrogen-bond acceptors (Lipinski definition) is 5. The van der Waals surface area contributed by atoms with E-state index in [4.69, 9.17) is 14.2 Å². The SMILES string of the molecule is CCN1C(=O)c2ccccc2NC1c1ccc(OCC2CCCO2)c(OC)c1. The highest BCUT2D eigenvalue weighted by Crippen LogP contribution is 2.37. The number of rotatable bonds is 6. The maximum Gasteiger partial charge on any atom is 0.257 e. The third-order valence-corrected chi connectivity index (χ3v) is 5.32. The fourth-order valence-electron chi connectivity index (χ4n) is 3.81. The number of nitrogens with one attached hydrogen (secondary N) is 1. The molecule has 28 heavy (non-hydrogen) atoms. The van der Waals surface area contributed by atoms with Crippen molar-refractivity contribution >= 4 is 11.6 Å². The van der Waals surface area contributed by atoms with Gasteiger partial charge < -0.3 is 24.4 Å². The van der Waals surface area contributed by atoms with Crippen LogP contribution >= 0.6 is 0 Å². The van der Waals surface area contributed by atoms with Crippen LogP contribution in [0.5, 0.6) is 11.5 Å². The summed E-state index contributed by atoms with van der Waals surface area (Å²) in [6, 6.07) is 13.4. The summed E-state index contributed by atoms with van der Waals surface area (Å²) < 4.78 is 17.1. The predicted molar refractivity (Wildman–Crippen MR) is 107 cm³/mol. The van der Waals surface area contributed by atoms with Crippen molar-refractivity contribution in [3.8, 4) is 11.5 Å². The quantitative estimate of drug-likeness (QED) is 0.823. The zero-order valence-electron chi connectivity index (χ0n) is 16.3. The van der Waals surface area contributed by atoms with Gasteiger partial charge in [0.1, 0.15) is 12.8 Å². The van der Waals surface area contributed by atoms with Crippen LogP contribution in [0.4, 0.5) is 5.69 Å². The Balaban J connectivity index is 1.58. The number of ether oxygens (including phenoxy) is 3. The van der Waals surface area contributed by atoms with E-state index in [0.717, 1.165) is 30.7 Å². The normalized spacial score (nSPS) is 21.2. The van der Waals surface area contributed by atoms with E-state index in [1.165, 1.54) is 0 Å². The highest BCUT2D eigenvalue weighted by atomic mass is 16.5. The molecule has 2 aromatic rings. The van der Waals surface area contributed by atoms with Crippen molar-refractivity contribution in [3.63, 3.8) is 0 Å². The molecule has 0 radical (unpaired) electrons. The van der Waals surface area contributed by atoms with Crippen molar-refractivity contribution in [3.05, 3.63) is 53.6 Å². The Morgan fingerprint density at radius 3 is 2.82 bits per heavy atom. The number of nitrogens with zero attached hydrogens (tertiary/aromatic N) is 1. The van der Waals surface area contributed by atoms with Crippen LogP contribution in [0.15, 0.2) is 42.5 Å². The largest absolute Gasteiger partial charge is 0.493 e. The number of anilines is 1. The molecule has 0 aliphatic carbocycles. The van der Waals surface area contributed by atoms with Gasteiger partial charge in [0.25, 0.3) is 5.91 Å². The molecule has 1 fully saturated rings. The first-order valence-electron chi connectivity index (χ1n) is 9.80. The summed E-state index contributed by atoms with van der Waals surface area (Å²) >= 11 is 0. The van der Waals surface area contributed by atoms with Crippen molar-refractivity contribution in [2.75, 3.05) is 32.2 Å². The molecule has 2 aliphatic rings. The molecule has 2 aliphatic heterocycles. The number of para-hydroxylation sites is 1. The van der Waals surface area contributed by atoms with Crippen molar-refractivity contribution in [1.29, 1.82) is 0 Å². The second-order valence-corrected chi connectivity index (χ2v) is 7.04. The minimum absolute atomic E-state index is 0.0273. The summed E-state index contributed by atoms with van der Waals surface area (Å²) in [6.45, 7) is 3.91. The maximum atomic E-state index is 12.9. The second kappa shape index (κ2) is 8.10. The smallest absolute Gasteiger partial charge is 0.257 e. The first-order chi connectivity index (χ1) is 13.7. The van der Waals surface area contributed by atoms with E-state index in [1.807, 2.05) is 54.3 Å². The number of methoxy groups -OCH3 is 1. The summed E-state index contributed by atoms with van der Waals surface area (Å²) in [5.74, 6) is 1.37. The van der Waals surface area contributed by atoms with Crippen LogP contribution in [0.3, 0.4) is 0 Å².